The van der Waals surface area contributed by atoms with Gasteiger partial charge >= 0.3 is 6.18 Å². The lowest BCUT2D eigenvalue weighted by Gasteiger charge is -2.31. The minimum Gasteiger partial charge on any atom is -0.365 e. The van der Waals surface area contributed by atoms with Gasteiger partial charge in [0.15, 0.2) is 5.82 Å². The second-order valence-electron chi connectivity index (χ2n) is 8.34. The summed E-state index contributed by atoms with van der Waals surface area (Å²) in [6, 6.07) is 5.21. The zero-order valence-corrected chi connectivity index (χ0v) is 18.8. The van der Waals surface area contributed by atoms with Crippen molar-refractivity contribution in [3.8, 4) is 0 Å². The highest BCUT2D eigenvalue weighted by Crippen LogP contribution is 2.35. The van der Waals surface area contributed by atoms with E-state index in [-0.39, 0.29) is 43.9 Å². The van der Waals surface area contributed by atoms with Crippen LogP contribution in [0.25, 0.3) is 5.57 Å². The number of nitrogens with zero attached hydrogens (tertiary/aromatic N) is 3. The fourth-order valence-corrected chi connectivity index (χ4v) is 3.84. The number of carbonyl (C=O) groups excluding carboxylic acids is 2. The number of piperidine rings is 1. The lowest BCUT2D eigenvalue weighted by Crippen LogP contribution is -2.43. The number of nitrogens with one attached hydrogen (secondary N) is 3. The van der Waals surface area contributed by atoms with Crippen molar-refractivity contribution in [3.05, 3.63) is 53.4 Å². The number of anilines is 2. The van der Waals surface area contributed by atoms with Crippen LogP contribution in [0.5, 0.6) is 0 Å². The number of rotatable bonds is 6. The summed E-state index contributed by atoms with van der Waals surface area (Å²) in [6.45, 7) is 1.20. The number of halogens is 5. The SMILES string of the molecule is NC(=O)/C(=C1\Nc2ccc(C(=O)NCCN3CCC(F)(F)CC3)cc2N1)c1nccc(C(F)(F)F)n1. The number of hydrogen-bond acceptors (Lipinski definition) is 7. The molecule has 0 aliphatic carbocycles. The number of amides is 2. The summed E-state index contributed by atoms with van der Waals surface area (Å²) in [5.74, 6) is -4.66. The van der Waals surface area contributed by atoms with Gasteiger partial charge in [0.1, 0.15) is 17.1 Å². The van der Waals surface area contributed by atoms with Gasteiger partial charge in [-0.2, -0.15) is 13.2 Å². The summed E-state index contributed by atoms with van der Waals surface area (Å²) in [6.07, 6.45) is -4.29. The van der Waals surface area contributed by atoms with Crippen LogP contribution < -0.4 is 21.7 Å². The molecule has 2 aromatic rings. The standard InChI is InChI=1S/C22H22F5N7O2/c23-21(24)4-8-34(9-5-21)10-7-30-20(36)12-1-2-13-14(11-12)32-19(31-13)16(17(28)35)18-29-6-3-15(33-18)22(25,26)27/h1-3,6,11,31-32H,4-5,7-10H2,(H2,28,35)(H,30,36)/b19-16-. The van der Waals surface area contributed by atoms with Crippen molar-refractivity contribution in [2.45, 2.75) is 24.9 Å². The van der Waals surface area contributed by atoms with Crippen molar-refractivity contribution in [2.75, 3.05) is 36.8 Å². The molecule has 14 heteroatoms. The van der Waals surface area contributed by atoms with E-state index >= 15 is 0 Å². The molecule has 0 bridgehead atoms. The quantitative estimate of drug-likeness (QED) is 0.347. The number of carbonyl (C=O) groups is 2. The number of fused-ring (bicyclic) bond motifs is 1. The van der Waals surface area contributed by atoms with Crippen LogP contribution in [-0.2, 0) is 11.0 Å². The van der Waals surface area contributed by atoms with Crippen LogP contribution in [0.1, 0.15) is 34.7 Å². The van der Waals surface area contributed by atoms with Crippen LogP contribution in [0.3, 0.4) is 0 Å². The molecule has 192 valence electrons. The van der Waals surface area contributed by atoms with E-state index in [1.54, 1.807) is 6.07 Å². The van der Waals surface area contributed by atoms with Gasteiger partial charge < -0.3 is 26.6 Å². The Kier molecular flexibility index (Phi) is 6.80. The van der Waals surface area contributed by atoms with E-state index in [1.807, 2.05) is 4.90 Å². The third kappa shape index (κ3) is 5.70. The molecule has 0 radical (unpaired) electrons. The zero-order valence-electron chi connectivity index (χ0n) is 18.8. The number of hydrogen-bond donors (Lipinski definition) is 4. The minimum atomic E-state index is -4.74. The highest BCUT2D eigenvalue weighted by Gasteiger charge is 2.35. The van der Waals surface area contributed by atoms with Crippen LogP contribution in [0.4, 0.5) is 33.3 Å². The number of alkyl halides is 5. The summed E-state index contributed by atoms with van der Waals surface area (Å²) in [5, 5.41) is 8.40. The average molecular weight is 511 g/mol. The largest absolute Gasteiger partial charge is 0.433 e. The van der Waals surface area contributed by atoms with Crippen molar-refractivity contribution in [2.24, 2.45) is 5.73 Å². The Labute approximate surface area is 202 Å². The van der Waals surface area contributed by atoms with E-state index in [4.69, 9.17) is 5.73 Å². The smallest absolute Gasteiger partial charge is 0.365 e. The molecule has 1 saturated heterocycles. The Morgan fingerprint density at radius 1 is 1.11 bits per heavy atom. The van der Waals surface area contributed by atoms with Gasteiger partial charge in [-0.25, -0.2) is 18.7 Å². The van der Waals surface area contributed by atoms with Crippen LogP contribution in [0.2, 0.25) is 0 Å². The molecule has 1 aromatic carbocycles. The highest BCUT2D eigenvalue weighted by molar-refractivity contribution is 6.20. The fourth-order valence-electron chi connectivity index (χ4n) is 3.84. The molecule has 3 heterocycles. The predicted octanol–water partition coefficient (Wildman–Crippen LogP) is 2.65. The molecule has 2 amide bonds. The molecular formula is C22H22F5N7O2. The molecule has 1 aromatic heterocycles. The molecule has 36 heavy (non-hydrogen) atoms. The third-order valence-corrected chi connectivity index (χ3v) is 5.77. The number of nitrogens with two attached hydrogens (primary N) is 1. The molecule has 0 atom stereocenters. The van der Waals surface area contributed by atoms with Crippen LogP contribution in [0.15, 0.2) is 36.3 Å². The molecule has 0 unspecified atom stereocenters. The summed E-state index contributed by atoms with van der Waals surface area (Å²) >= 11 is 0. The van der Waals surface area contributed by atoms with E-state index in [2.05, 4.69) is 25.9 Å². The normalized spacial score (nSPS) is 18.6. The van der Waals surface area contributed by atoms with Gasteiger partial charge in [0, 0.05) is 50.8 Å². The molecule has 5 N–H and O–H groups in total. The lowest BCUT2D eigenvalue weighted by atomic mass is 10.1. The molecule has 1 fully saturated rings. The molecule has 2 aliphatic rings. The summed E-state index contributed by atoms with van der Waals surface area (Å²) in [7, 11) is 0. The molecule has 0 saturated carbocycles. The second kappa shape index (κ2) is 9.68. The number of primary amides is 1. The lowest BCUT2D eigenvalue weighted by molar-refractivity contribution is -0.141. The summed E-state index contributed by atoms with van der Waals surface area (Å²) in [4.78, 5) is 33.6. The zero-order chi connectivity index (χ0) is 26.1. The predicted molar refractivity (Wildman–Crippen MR) is 120 cm³/mol. The topological polar surface area (TPSA) is 125 Å². The Morgan fingerprint density at radius 2 is 1.81 bits per heavy atom. The van der Waals surface area contributed by atoms with E-state index in [0.29, 0.717) is 24.0 Å². The van der Waals surface area contributed by atoms with Gasteiger partial charge in [-0.15, -0.1) is 0 Å². The van der Waals surface area contributed by atoms with Crippen molar-refractivity contribution in [1.82, 2.24) is 20.2 Å². The van der Waals surface area contributed by atoms with Gasteiger partial charge in [0.05, 0.1) is 11.4 Å². The first-order valence-electron chi connectivity index (χ1n) is 10.9. The molecule has 4 rings (SSSR count). The maximum absolute atomic E-state index is 13.3. The minimum absolute atomic E-state index is 0.0312. The van der Waals surface area contributed by atoms with Gasteiger partial charge in [0.25, 0.3) is 17.7 Å². The maximum Gasteiger partial charge on any atom is 0.433 e. The number of likely N-dealkylation sites (tertiary alicyclic amines) is 1. The molecular weight excluding hydrogens is 489 g/mol. The van der Waals surface area contributed by atoms with E-state index < -0.39 is 41.0 Å². The Hall–Kier alpha value is -3.81. The molecule has 2 aliphatic heterocycles. The molecule has 9 nitrogen and oxygen atoms in total. The van der Waals surface area contributed by atoms with Crippen LogP contribution in [-0.4, -0.2) is 58.8 Å². The average Bonchev–Trinajstić information content (AvgIpc) is 3.22. The monoisotopic (exact) mass is 511 g/mol. The first-order valence-corrected chi connectivity index (χ1v) is 10.9. The third-order valence-electron chi connectivity index (χ3n) is 5.77. The van der Waals surface area contributed by atoms with Crippen molar-refractivity contribution in [1.29, 1.82) is 0 Å². The van der Waals surface area contributed by atoms with Gasteiger partial charge in [-0.1, -0.05) is 0 Å². The van der Waals surface area contributed by atoms with Gasteiger partial charge in [-0.05, 0) is 24.3 Å². The number of aromatic nitrogens is 2. The first-order chi connectivity index (χ1) is 16.9. The maximum atomic E-state index is 13.3. The van der Waals surface area contributed by atoms with Crippen LogP contribution >= 0.6 is 0 Å². The first kappa shape index (κ1) is 25.3. The second-order valence-corrected chi connectivity index (χ2v) is 8.34. The van der Waals surface area contributed by atoms with Gasteiger partial charge in [-0.3, -0.25) is 9.59 Å². The highest BCUT2D eigenvalue weighted by atomic mass is 19.4. The summed E-state index contributed by atoms with van der Waals surface area (Å²) < 4.78 is 65.6. The van der Waals surface area contributed by atoms with E-state index in [0.717, 1.165) is 6.20 Å². The summed E-state index contributed by atoms with van der Waals surface area (Å²) in [5.41, 5.74) is 4.87. The fraction of sp³-hybridized carbons (Fsp3) is 0.364. The van der Waals surface area contributed by atoms with E-state index in [9.17, 15) is 31.5 Å². The van der Waals surface area contributed by atoms with Crippen molar-refractivity contribution < 1.29 is 31.5 Å². The van der Waals surface area contributed by atoms with Crippen molar-refractivity contribution in [3.63, 3.8) is 0 Å². The Bertz CT molecular complexity index is 1210. The Balaban J connectivity index is 1.45. The van der Waals surface area contributed by atoms with Crippen LogP contribution in [0, 0.1) is 0 Å². The Morgan fingerprint density at radius 3 is 2.47 bits per heavy atom. The van der Waals surface area contributed by atoms with Crippen molar-refractivity contribution >= 4 is 28.8 Å². The number of benzene rings is 1. The molecule has 0 spiro atoms. The van der Waals surface area contributed by atoms with Gasteiger partial charge in [0.2, 0.25) is 0 Å². The van der Waals surface area contributed by atoms with E-state index in [1.165, 1.54) is 12.1 Å².